The minimum Gasteiger partial charge on any atom is -0.845 e. The standard InChI is InChI=1S/C10H9N3O/c1-8-7-11-10(12-9(8)14)13-5-3-2-4-6-13/h2-7H,1H3. The van der Waals surface area contributed by atoms with Crippen molar-refractivity contribution in [2.45, 2.75) is 6.92 Å². The van der Waals surface area contributed by atoms with E-state index in [1.54, 1.807) is 23.9 Å². The number of aryl methyl sites for hydroxylation is 1. The van der Waals surface area contributed by atoms with Gasteiger partial charge in [-0.15, -0.1) is 0 Å². The number of nitrogens with zero attached hydrogens (tertiary/aromatic N) is 3. The third kappa shape index (κ3) is 1.54. The first-order valence-electron chi connectivity index (χ1n) is 4.25. The second-order valence-electron chi connectivity index (χ2n) is 2.94. The summed E-state index contributed by atoms with van der Waals surface area (Å²) in [6.45, 7) is 1.70. The van der Waals surface area contributed by atoms with Gasteiger partial charge in [0, 0.05) is 5.56 Å². The molecule has 0 aliphatic heterocycles. The average molecular weight is 187 g/mol. The van der Waals surface area contributed by atoms with E-state index in [1.807, 2.05) is 18.2 Å². The molecule has 70 valence electrons. The Kier molecular flexibility index (Phi) is 2.10. The van der Waals surface area contributed by atoms with Crippen molar-refractivity contribution in [1.82, 2.24) is 9.97 Å². The lowest BCUT2D eigenvalue weighted by Gasteiger charge is -2.02. The number of aromatic nitrogens is 3. The highest BCUT2D eigenvalue weighted by Gasteiger charge is 2.08. The molecule has 2 aromatic rings. The van der Waals surface area contributed by atoms with Gasteiger partial charge in [-0.05, 0) is 19.1 Å². The van der Waals surface area contributed by atoms with Gasteiger partial charge in [0.15, 0.2) is 0 Å². The Morgan fingerprint density at radius 3 is 2.57 bits per heavy atom. The Morgan fingerprint density at radius 1 is 1.21 bits per heavy atom. The quantitative estimate of drug-likeness (QED) is 0.596. The molecule has 0 unspecified atom stereocenters. The van der Waals surface area contributed by atoms with E-state index in [1.165, 1.54) is 6.20 Å². The van der Waals surface area contributed by atoms with Gasteiger partial charge in [-0.2, -0.15) is 0 Å². The molecule has 2 heterocycles. The fraction of sp³-hybridized carbons (Fsp3) is 0.100. The lowest BCUT2D eigenvalue weighted by molar-refractivity contribution is -0.604. The minimum absolute atomic E-state index is 0.230. The predicted octanol–water partition coefficient (Wildman–Crippen LogP) is 0.135. The van der Waals surface area contributed by atoms with Crippen LogP contribution in [0.5, 0.6) is 5.88 Å². The molecule has 0 bridgehead atoms. The SMILES string of the molecule is Cc1cnc(-[n+]2ccccc2)nc1[O-]. The Bertz CT molecular complexity index is 442. The fourth-order valence-electron chi connectivity index (χ4n) is 1.07. The van der Waals surface area contributed by atoms with E-state index in [9.17, 15) is 5.11 Å². The molecule has 0 aromatic carbocycles. The molecule has 0 fully saturated rings. The highest BCUT2D eigenvalue weighted by Crippen LogP contribution is 2.05. The van der Waals surface area contributed by atoms with Gasteiger partial charge in [-0.25, -0.2) is 4.57 Å². The van der Waals surface area contributed by atoms with Crippen molar-refractivity contribution in [3.8, 4) is 11.8 Å². The summed E-state index contributed by atoms with van der Waals surface area (Å²) in [5.74, 6) is 0.174. The summed E-state index contributed by atoms with van der Waals surface area (Å²) in [6.07, 6.45) is 5.12. The molecule has 0 saturated carbocycles. The summed E-state index contributed by atoms with van der Waals surface area (Å²) in [7, 11) is 0. The van der Waals surface area contributed by atoms with Gasteiger partial charge in [0.1, 0.15) is 6.20 Å². The van der Waals surface area contributed by atoms with E-state index in [4.69, 9.17) is 0 Å². The zero-order valence-corrected chi connectivity index (χ0v) is 7.71. The summed E-state index contributed by atoms with van der Waals surface area (Å²) in [5.41, 5.74) is 0.560. The molecule has 2 aromatic heterocycles. The van der Waals surface area contributed by atoms with E-state index < -0.39 is 0 Å². The van der Waals surface area contributed by atoms with Crippen molar-refractivity contribution in [3.05, 3.63) is 42.4 Å². The van der Waals surface area contributed by atoms with Gasteiger partial charge in [0.05, 0.1) is 18.3 Å². The molecule has 0 saturated heterocycles. The van der Waals surface area contributed by atoms with Gasteiger partial charge in [0.25, 0.3) is 0 Å². The van der Waals surface area contributed by atoms with E-state index in [0.29, 0.717) is 11.5 Å². The lowest BCUT2D eigenvalue weighted by atomic mass is 10.4. The molecular formula is C10H9N3O. The summed E-state index contributed by atoms with van der Waals surface area (Å²) in [6, 6.07) is 5.60. The topological polar surface area (TPSA) is 52.7 Å². The second kappa shape index (κ2) is 3.41. The van der Waals surface area contributed by atoms with E-state index >= 15 is 0 Å². The average Bonchev–Trinajstić information content (AvgIpc) is 2.23. The monoisotopic (exact) mass is 187 g/mol. The van der Waals surface area contributed by atoms with Crippen LogP contribution in [0.2, 0.25) is 0 Å². The fourth-order valence-corrected chi connectivity index (χ4v) is 1.07. The number of hydrogen-bond donors (Lipinski definition) is 0. The minimum atomic E-state index is -0.230. The maximum Gasteiger partial charge on any atom is 0.436 e. The first-order chi connectivity index (χ1) is 6.77. The van der Waals surface area contributed by atoms with Gasteiger partial charge in [-0.1, -0.05) is 16.0 Å². The number of hydrogen-bond acceptors (Lipinski definition) is 3. The predicted molar refractivity (Wildman–Crippen MR) is 47.7 cm³/mol. The van der Waals surface area contributed by atoms with Crippen LogP contribution in [0.1, 0.15) is 5.56 Å². The summed E-state index contributed by atoms with van der Waals surface area (Å²) < 4.78 is 1.70. The maximum absolute atomic E-state index is 11.2. The summed E-state index contributed by atoms with van der Waals surface area (Å²) in [4.78, 5) is 7.90. The van der Waals surface area contributed by atoms with Gasteiger partial charge in [0.2, 0.25) is 0 Å². The van der Waals surface area contributed by atoms with E-state index in [0.717, 1.165) is 0 Å². The van der Waals surface area contributed by atoms with E-state index in [-0.39, 0.29) is 5.88 Å². The Labute approximate surface area is 81.5 Å². The van der Waals surface area contributed by atoms with Crippen LogP contribution in [0.4, 0.5) is 0 Å². The molecule has 0 N–H and O–H groups in total. The molecule has 0 aliphatic rings. The first kappa shape index (κ1) is 8.62. The zero-order valence-electron chi connectivity index (χ0n) is 7.71. The normalized spacial score (nSPS) is 10.1. The molecule has 4 nitrogen and oxygen atoms in total. The third-order valence-electron chi connectivity index (χ3n) is 1.86. The van der Waals surface area contributed by atoms with Crippen molar-refractivity contribution in [1.29, 1.82) is 0 Å². The third-order valence-corrected chi connectivity index (χ3v) is 1.86. The van der Waals surface area contributed by atoms with Crippen LogP contribution in [0.3, 0.4) is 0 Å². The van der Waals surface area contributed by atoms with Crippen LogP contribution in [-0.4, -0.2) is 9.97 Å². The number of rotatable bonds is 1. The molecule has 0 atom stereocenters. The molecule has 2 rings (SSSR count). The molecule has 0 spiro atoms. The second-order valence-corrected chi connectivity index (χ2v) is 2.94. The highest BCUT2D eigenvalue weighted by molar-refractivity contribution is 5.20. The zero-order chi connectivity index (χ0) is 9.97. The van der Waals surface area contributed by atoms with Crippen molar-refractivity contribution >= 4 is 0 Å². The molecule has 0 aliphatic carbocycles. The van der Waals surface area contributed by atoms with Gasteiger partial charge in [-0.3, -0.25) is 0 Å². The van der Waals surface area contributed by atoms with Crippen molar-refractivity contribution in [2.75, 3.05) is 0 Å². The van der Waals surface area contributed by atoms with Crippen LogP contribution in [0.15, 0.2) is 36.8 Å². The van der Waals surface area contributed by atoms with Gasteiger partial charge < -0.3 is 5.11 Å². The van der Waals surface area contributed by atoms with Crippen molar-refractivity contribution in [3.63, 3.8) is 0 Å². The molecule has 4 heteroatoms. The lowest BCUT2D eigenvalue weighted by Crippen LogP contribution is -2.32. The van der Waals surface area contributed by atoms with Crippen LogP contribution < -0.4 is 9.67 Å². The van der Waals surface area contributed by atoms with Crippen LogP contribution in [-0.2, 0) is 0 Å². The van der Waals surface area contributed by atoms with Gasteiger partial charge >= 0.3 is 5.95 Å². The highest BCUT2D eigenvalue weighted by atomic mass is 16.3. The summed E-state index contributed by atoms with van der Waals surface area (Å²) in [5, 5.41) is 11.2. The Hall–Kier alpha value is -1.97. The number of pyridine rings is 1. The largest absolute Gasteiger partial charge is 0.845 e. The summed E-state index contributed by atoms with van der Waals surface area (Å²) >= 11 is 0. The van der Waals surface area contributed by atoms with Crippen molar-refractivity contribution in [2.24, 2.45) is 0 Å². The molecular weight excluding hydrogens is 178 g/mol. The van der Waals surface area contributed by atoms with E-state index in [2.05, 4.69) is 9.97 Å². The van der Waals surface area contributed by atoms with Crippen LogP contribution >= 0.6 is 0 Å². The Balaban J connectivity index is 2.48. The van der Waals surface area contributed by atoms with Crippen LogP contribution in [0.25, 0.3) is 5.95 Å². The molecule has 0 radical (unpaired) electrons. The Morgan fingerprint density at radius 2 is 1.93 bits per heavy atom. The smallest absolute Gasteiger partial charge is 0.436 e. The molecule has 0 amide bonds. The van der Waals surface area contributed by atoms with Crippen LogP contribution in [0, 0.1) is 6.92 Å². The molecule has 14 heavy (non-hydrogen) atoms. The first-order valence-corrected chi connectivity index (χ1v) is 4.25. The van der Waals surface area contributed by atoms with Crippen molar-refractivity contribution < 1.29 is 9.67 Å². The maximum atomic E-state index is 11.2.